The summed E-state index contributed by atoms with van der Waals surface area (Å²) in [6.07, 6.45) is 0. The normalized spacial score (nSPS) is 13.8. The van der Waals surface area contributed by atoms with Crippen LogP contribution in [0.4, 0.5) is 0 Å². The van der Waals surface area contributed by atoms with Crippen molar-refractivity contribution < 1.29 is 4.79 Å². The number of amides is 1. The zero-order valence-corrected chi connectivity index (χ0v) is 11.8. The van der Waals surface area contributed by atoms with Gasteiger partial charge in [-0.05, 0) is 25.5 Å². The Morgan fingerprint density at radius 3 is 2.20 bits per heavy atom. The zero-order chi connectivity index (χ0) is 14.3. The molecule has 0 aromatic heterocycles. The highest BCUT2D eigenvalue weighted by Gasteiger charge is 2.30. The molecule has 1 aliphatic heterocycles. The monoisotopic (exact) mass is 263 g/mol. The molecule has 0 fully saturated rings. The van der Waals surface area contributed by atoms with E-state index in [9.17, 15) is 4.79 Å². The highest BCUT2D eigenvalue weighted by atomic mass is 16.2. The number of fused-ring (bicyclic) bond motifs is 1. The predicted molar refractivity (Wildman–Crippen MR) is 81.3 cm³/mol. The molecule has 0 radical (unpaired) electrons. The summed E-state index contributed by atoms with van der Waals surface area (Å²) >= 11 is 0. The number of carbonyl (C=O) groups is 1. The van der Waals surface area contributed by atoms with Gasteiger partial charge in [-0.3, -0.25) is 4.79 Å². The van der Waals surface area contributed by atoms with Crippen LogP contribution in [0.25, 0.3) is 5.70 Å². The Morgan fingerprint density at radius 1 is 1.00 bits per heavy atom. The van der Waals surface area contributed by atoms with Gasteiger partial charge in [-0.1, -0.05) is 54.1 Å². The van der Waals surface area contributed by atoms with Crippen molar-refractivity contribution in [2.24, 2.45) is 0 Å². The Morgan fingerprint density at radius 2 is 1.60 bits per heavy atom. The molecule has 1 heterocycles. The van der Waals surface area contributed by atoms with Crippen LogP contribution in [0.5, 0.6) is 0 Å². The van der Waals surface area contributed by atoms with Gasteiger partial charge in [-0.25, -0.2) is 0 Å². The largest absolute Gasteiger partial charge is 0.304 e. The molecule has 0 atom stereocenters. The molecule has 1 aliphatic rings. The van der Waals surface area contributed by atoms with Crippen molar-refractivity contribution in [3.05, 3.63) is 76.9 Å². The van der Waals surface area contributed by atoms with E-state index in [1.165, 1.54) is 11.1 Å². The van der Waals surface area contributed by atoms with Crippen LogP contribution in [-0.4, -0.2) is 10.8 Å². The average molecular weight is 263 g/mol. The molecule has 2 heteroatoms. The Labute approximate surface area is 119 Å². The second-order valence-electron chi connectivity index (χ2n) is 5.38. The van der Waals surface area contributed by atoms with Crippen LogP contribution in [0.2, 0.25) is 0 Å². The molecular weight excluding hydrogens is 246 g/mol. The minimum atomic E-state index is 0.0461. The smallest absolute Gasteiger partial charge is 0.259 e. The zero-order valence-electron chi connectivity index (χ0n) is 11.8. The lowest BCUT2D eigenvalue weighted by atomic mass is 10.1. The summed E-state index contributed by atoms with van der Waals surface area (Å²) in [5, 5.41) is 0. The first-order chi connectivity index (χ1) is 9.56. The topological polar surface area (TPSA) is 20.3 Å². The van der Waals surface area contributed by atoms with Gasteiger partial charge in [0.1, 0.15) is 0 Å². The van der Waals surface area contributed by atoms with Crippen LogP contribution in [0.1, 0.15) is 32.6 Å². The number of hydrogen-bond donors (Lipinski definition) is 0. The quantitative estimate of drug-likeness (QED) is 0.804. The number of hydrogen-bond acceptors (Lipinski definition) is 1. The Bertz CT molecular complexity index is 660. The third kappa shape index (κ3) is 2.03. The minimum Gasteiger partial charge on any atom is -0.304 e. The number of carbonyl (C=O) groups excluding carboxylic acids is 1. The summed E-state index contributed by atoms with van der Waals surface area (Å²) < 4.78 is 0. The summed E-state index contributed by atoms with van der Waals surface area (Å²) in [5.41, 5.74) is 6.07. The maximum Gasteiger partial charge on any atom is 0.259 e. The summed E-state index contributed by atoms with van der Waals surface area (Å²) in [4.78, 5) is 14.2. The van der Waals surface area contributed by atoms with E-state index in [1.807, 2.05) is 24.3 Å². The van der Waals surface area contributed by atoms with E-state index >= 15 is 0 Å². The third-order valence-corrected chi connectivity index (χ3v) is 3.66. The third-order valence-electron chi connectivity index (χ3n) is 3.66. The van der Waals surface area contributed by atoms with Gasteiger partial charge in [-0.2, -0.15) is 0 Å². The molecule has 0 aliphatic carbocycles. The van der Waals surface area contributed by atoms with Crippen molar-refractivity contribution in [1.82, 2.24) is 4.90 Å². The van der Waals surface area contributed by atoms with Gasteiger partial charge >= 0.3 is 0 Å². The SMILES string of the molecule is C=C1c2ccccc2C(=O)N1Cc1cc(C)cc(C)c1. The van der Waals surface area contributed by atoms with Crippen molar-refractivity contribution in [1.29, 1.82) is 0 Å². The molecule has 0 N–H and O–H groups in total. The number of aryl methyl sites for hydroxylation is 2. The molecule has 2 aromatic rings. The minimum absolute atomic E-state index is 0.0461. The van der Waals surface area contributed by atoms with Crippen LogP contribution in [-0.2, 0) is 6.54 Å². The lowest BCUT2D eigenvalue weighted by Crippen LogP contribution is -2.22. The Balaban J connectivity index is 1.93. The molecule has 1 amide bonds. The molecule has 0 bridgehead atoms. The van der Waals surface area contributed by atoms with Crippen molar-refractivity contribution in [3.63, 3.8) is 0 Å². The van der Waals surface area contributed by atoms with Crippen molar-refractivity contribution in [3.8, 4) is 0 Å². The van der Waals surface area contributed by atoms with Crippen LogP contribution < -0.4 is 0 Å². The van der Waals surface area contributed by atoms with Crippen LogP contribution in [0.15, 0.2) is 49.0 Å². The van der Waals surface area contributed by atoms with Crippen LogP contribution in [0.3, 0.4) is 0 Å². The fourth-order valence-corrected chi connectivity index (χ4v) is 2.84. The first kappa shape index (κ1) is 12.7. The summed E-state index contributed by atoms with van der Waals surface area (Å²) in [6.45, 7) is 8.80. The molecule has 2 aromatic carbocycles. The predicted octanol–water partition coefficient (Wildman–Crippen LogP) is 3.93. The van der Waals surface area contributed by atoms with E-state index in [4.69, 9.17) is 0 Å². The maximum absolute atomic E-state index is 12.4. The molecule has 20 heavy (non-hydrogen) atoms. The lowest BCUT2D eigenvalue weighted by molar-refractivity contribution is 0.0843. The number of benzene rings is 2. The lowest BCUT2D eigenvalue weighted by Gasteiger charge is -2.18. The van der Waals surface area contributed by atoms with Crippen molar-refractivity contribution in [2.75, 3.05) is 0 Å². The van der Waals surface area contributed by atoms with E-state index in [0.717, 1.165) is 22.4 Å². The van der Waals surface area contributed by atoms with E-state index in [2.05, 4.69) is 38.6 Å². The van der Waals surface area contributed by atoms with Crippen molar-refractivity contribution >= 4 is 11.6 Å². The van der Waals surface area contributed by atoms with E-state index in [0.29, 0.717) is 6.54 Å². The Hall–Kier alpha value is -2.35. The van der Waals surface area contributed by atoms with Gasteiger partial charge in [0.15, 0.2) is 0 Å². The molecule has 0 saturated carbocycles. The van der Waals surface area contributed by atoms with E-state index in [-0.39, 0.29) is 5.91 Å². The van der Waals surface area contributed by atoms with Gasteiger partial charge < -0.3 is 4.90 Å². The van der Waals surface area contributed by atoms with Crippen LogP contribution >= 0.6 is 0 Å². The van der Waals surface area contributed by atoms with Crippen LogP contribution in [0, 0.1) is 13.8 Å². The fraction of sp³-hybridized carbons (Fsp3) is 0.167. The first-order valence-corrected chi connectivity index (χ1v) is 6.73. The maximum atomic E-state index is 12.4. The number of nitrogens with zero attached hydrogens (tertiary/aromatic N) is 1. The van der Waals surface area contributed by atoms with Gasteiger partial charge in [0.05, 0.1) is 6.54 Å². The second kappa shape index (κ2) is 4.64. The van der Waals surface area contributed by atoms with Gasteiger partial charge in [-0.15, -0.1) is 0 Å². The van der Waals surface area contributed by atoms with Crippen molar-refractivity contribution in [2.45, 2.75) is 20.4 Å². The Kier molecular flexibility index (Phi) is 2.94. The molecular formula is C18H17NO. The first-order valence-electron chi connectivity index (χ1n) is 6.73. The molecule has 0 spiro atoms. The van der Waals surface area contributed by atoms with E-state index < -0.39 is 0 Å². The molecule has 2 nitrogen and oxygen atoms in total. The standard InChI is InChI=1S/C18H17NO/c1-12-8-13(2)10-15(9-12)11-19-14(3)16-6-4-5-7-17(16)18(19)20/h4-10H,3,11H2,1-2H3. The molecule has 0 saturated heterocycles. The molecule has 3 rings (SSSR count). The molecule has 100 valence electrons. The summed E-state index contributed by atoms with van der Waals surface area (Å²) in [6, 6.07) is 14.0. The highest BCUT2D eigenvalue weighted by Crippen LogP contribution is 2.32. The molecule has 0 unspecified atom stereocenters. The van der Waals surface area contributed by atoms with Gasteiger partial charge in [0, 0.05) is 16.8 Å². The van der Waals surface area contributed by atoms with Gasteiger partial charge in [0.25, 0.3) is 5.91 Å². The fourth-order valence-electron chi connectivity index (χ4n) is 2.84. The summed E-state index contributed by atoms with van der Waals surface area (Å²) in [5.74, 6) is 0.0461. The average Bonchev–Trinajstić information content (AvgIpc) is 2.64. The second-order valence-corrected chi connectivity index (χ2v) is 5.38. The summed E-state index contributed by atoms with van der Waals surface area (Å²) in [7, 11) is 0. The van der Waals surface area contributed by atoms with Gasteiger partial charge in [0.2, 0.25) is 0 Å². The number of rotatable bonds is 2. The highest BCUT2D eigenvalue weighted by molar-refractivity contribution is 6.08. The van der Waals surface area contributed by atoms with E-state index in [1.54, 1.807) is 4.90 Å².